The van der Waals surface area contributed by atoms with Crippen LogP contribution in [-0.2, 0) is 6.54 Å². The van der Waals surface area contributed by atoms with E-state index in [0.29, 0.717) is 42.3 Å². The molecule has 0 N–H and O–H groups in total. The number of nitriles is 1. The molecule has 0 bridgehead atoms. The highest BCUT2D eigenvalue weighted by atomic mass is 35.5. The number of hydrogen-bond acceptors (Lipinski definition) is 3. The topological polar surface area (TPSA) is 61.9 Å². The largest absolute Gasteiger partial charge is 0.339 e. The molecule has 120 valence electrons. The summed E-state index contributed by atoms with van der Waals surface area (Å²) in [7, 11) is 0. The highest BCUT2D eigenvalue weighted by Gasteiger charge is 2.21. The third-order valence-corrected chi connectivity index (χ3v) is 3.83. The van der Waals surface area contributed by atoms with Crippen LogP contribution in [0.4, 0.5) is 0 Å². The second kappa shape index (κ2) is 7.80. The van der Waals surface area contributed by atoms with Crippen molar-refractivity contribution in [2.45, 2.75) is 26.8 Å². The molecule has 23 heavy (non-hydrogen) atoms. The molecule has 0 saturated carbocycles. The number of carbonyl (C=O) groups excluding carboxylic acids is 1. The lowest BCUT2D eigenvalue weighted by atomic mass is 10.1. The van der Waals surface area contributed by atoms with E-state index in [4.69, 9.17) is 16.9 Å². The van der Waals surface area contributed by atoms with Gasteiger partial charge in [0.15, 0.2) is 0 Å². The van der Waals surface area contributed by atoms with Crippen molar-refractivity contribution in [1.29, 1.82) is 5.26 Å². The zero-order valence-corrected chi connectivity index (χ0v) is 14.0. The molecule has 0 aliphatic heterocycles. The Morgan fingerprint density at radius 3 is 2.74 bits per heavy atom. The minimum atomic E-state index is -0.0619. The fraction of sp³-hybridized carbons (Fsp3) is 0.353. The lowest BCUT2D eigenvalue weighted by Gasteiger charge is -2.18. The molecule has 1 aromatic carbocycles. The fourth-order valence-electron chi connectivity index (χ4n) is 2.39. The van der Waals surface area contributed by atoms with Crippen LogP contribution in [0.25, 0.3) is 11.3 Å². The Kier molecular flexibility index (Phi) is 5.78. The summed E-state index contributed by atoms with van der Waals surface area (Å²) in [6.45, 7) is 5.61. The zero-order valence-electron chi connectivity index (χ0n) is 13.3. The summed E-state index contributed by atoms with van der Waals surface area (Å²) in [5.74, 6) is -0.0619. The first-order chi connectivity index (χ1) is 11.1. The summed E-state index contributed by atoms with van der Waals surface area (Å²) in [5.41, 5.74) is 1.93. The van der Waals surface area contributed by atoms with Crippen LogP contribution < -0.4 is 0 Å². The molecule has 0 saturated heterocycles. The van der Waals surface area contributed by atoms with Gasteiger partial charge in [-0.1, -0.05) is 23.7 Å². The molecule has 0 aliphatic carbocycles. The number of nitrogens with zero attached hydrogens (tertiary/aromatic N) is 4. The van der Waals surface area contributed by atoms with Crippen LogP contribution in [0.5, 0.6) is 0 Å². The van der Waals surface area contributed by atoms with Crippen LogP contribution in [0.15, 0.2) is 30.5 Å². The highest BCUT2D eigenvalue weighted by Crippen LogP contribution is 2.26. The maximum Gasteiger partial charge on any atom is 0.257 e. The second-order valence-electron chi connectivity index (χ2n) is 5.05. The fourth-order valence-corrected chi connectivity index (χ4v) is 2.58. The number of benzene rings is 1. The lowest BCUT2D eigenvalue weighted by Crippen LogP contribution is -2.30. The van der Waals surface area contributed by atoms with Gasteiger partial charge in [-0.3, -0.25) is 9.48 Å². The first-order valence-electron chi connectivity index (χ1n) is 7.60. The van der Waals surface area contributed by atoms with Gasteiger partial charge in [0.05, 0.1) is 24.6 Å². The summed E-state index contributed by atoms with van der Waals surface area (Å²) in [5, 5.41) is 13.8. The van der Waals surface area contributed by atoms with E-state index in [1.54, 1.807) is 27.9 Å². The van der Waals surface area contributed by atoms with Gasteiger partial charge < -0.3 is 4.90 Å². The number of aromatic nitrogens is 2. The Labute approximate surface area is 141 Å². The van der Waals surface area contributed by atoms with Crippen molar-refractivity contribution in [3.8, 4) is 17.3 Å². The summed E-state index contributed by atoms with van der Waals surface area (Å²) in [6.07, 6.45) is 2.06. The lowest BCUT2D eigenvalue weighted by molar-refractivity contribution is 0.0773. The number of amides is 1. The Hall–Kier alpha value is -2.32. The Bertz CT molecular complexity index is 728. The Morgan fingerprint density at radius 2 is 2.13 bits per heavy atom. The van der Waals surface area contributed by atoms with Crippen LogP contribution in [0.3, 0.4) is 0 Å². The number of hydrogen-bond donors (Lipinski definition) is 0. The van der Waals surface area contributed by atoms with E-state index in [1.165, 1.54) is 0 Å². The first kappa shape index (κ1) is 17.0. The number of rotatable bonds is 6. The minimum Gasteiger partial charge on any atom is -0.339 e. The van der Waals surface area contributed by atoms with Crippen LogP contribution >= 0.6 is 11.6 Å². The second-order valence-corrected chi connectivity index (χ2v) is 5.49. The van der Waals surface area contributed by atoms with Gasteiger partial charge >= 0.3 is 0 Å². The maximum atomic E-state index is 12.7. The molecule has 0 aliphatic rings. The average Bonchev–Trinajstić information content (AvgIpc) is 2.98. The summed E-state index contributed by atoms with van der Waals surface area (Å²) >= 11 is 6.06. The van der Waals surface area contributed by atoms with Crippen LogP contribution in [0, 0.1) is 11.3 Å². The van der Waals surface area contributed by atoms with Crippen molar-refractivity contribution in [3.05, 3.63) is 41.0 Å². The number of carbonyl (C=O) groups is 1. The van der Waals surface area contributed by atoms with Crippen molar-refractivity contribution in [2.24, 2.45) is 0 Å². The molecule has 1 heterocycles. The first-order valence-corrected chi connectivity index (χ1v) is 7.98. The van der Waals surface area contributed by atoms with E-state index in [0.717, 1.165) is 5.56 Å². The van der Waals surface area contributed by atoms with Gasteiger partial charge in [0.1, 0.15) is 5.69 Å². The molecule has 1 amide bonds. The molecule has 2 aromatic rings. The predicted molar refractivity (Wildman–Crippen MR) is 90.2 cm³/mol. The van der Waals surface area contributed by atoms with Crippen molar-refractivity contribution >= 4 is 17.5 Å². The van der Waals surface area contributed by atoms with Gasteiger partial charge in [-0.05, 0) is 26.0 Å². The van der Waals surface area contributed by atoms with Gasteiger partial charge in [0.2, 0.25) is 0 Å². The van der Waals surface area contributed by atoms with E-state index in [1.807, 2.05) is 26.0 Å². The van der Waals surface area contributed by atoms with Crippen molar-refractivity contribution < 1.29 is 4.79 Å². The molecule has 2 rings (SSSR count). The van der Waals surface area contributed by atoms with Gasteiger partial charge in [0, 0.05) is 29.9 Å². The van der Waals surface area contributed by atoms with E-state index in [9.17, 15) is 4.79 Å². The van der Waals surface area contributed by atoms with E-state index >= 15 is 0 Å². The Morgan fingerprint density at radius 1 is 1.39 bits per heavy atom. The molecule has 1 aromatic heterocycles. The third-order valence-electron chi connectivity index (χ3n) is 3.59. The standard InChI is InChI=1S/C17H19ClN4O/c1-3-21(4-2)17(23)15-12-22(10-6-9-19)20-16(15)13-7-5-8-14(18)11-13/h5,7-8,11-12H,3-4,6,10H2,1-2H3. The van der Waals surface area contributed by atoms with Crippen molar-refractivity contribution in [2.75, 3.05) is 13.1 Å². The summed E-state index contributed by atoms with van der Waals surface area (Å²) in [4.78, 5) is 14.5. The van der Waals surface area contributed by atoms with Gasteiger partial charge in [-0.2, -0.15) is 10.4 Å². The van der Waals surface area contributed by atoms with Crippen molar-refractivity contribution in [1.82, 2.24) is 14.7 Å². The van der Waals surface area contributed by atoms with E-state index < -0.39 is 0 Å². The third kappa shape index (κ3) is 3.91. The molecule has 6 heteroatoms. The number of halogens is 1. The Balaban J connectivity index is 2.48. The molecule has 0 fully saturated rings. The molecular formula is C17H19ClN4O. The predicted octanol–water partition coefficient (Wildman–Crippen LogP) is 3.60. The molecular weight excluding hydrogens is 312 g/mol. The van der Waals surface area contributed by atoms with Gasteiger partial charge in [-0.15, -0.1) is 0 Å². The van der Waals surface area contributed by atoms with E-state index in [2.05, 4.69) is 11.2 Å². The van der Waals surface area contributed by atoms with E-state index in [-0.39, 0.29) is 5.91 Å². The molecule has 0 radical (unpaired) electrons. The smallest absolute Gasteiger partial charge is 0.257 e. The minimum absolute atomic E-state index is 0.0619. The van der Waals surface area contributed by atoms with Gasteiger partial charge in [0.25, 0.3) is 5.91 Å². The van der Waals surface area contributed by atoms with Crippen LogP contribution in [0.2, 0.25) is 5.02 Å². The quantitative estimate of drug-likeness (QED) is 0.813. The SMILES string of the molecule is CCN(CC)C(=O)c1cn(CCC#N)nc1-c1cccc(Cl)c1. The monoisotopic (exact) mass is 330 g/mol. The van der Waals surface area contributed by atoms with Gasteiger partial charge in [-0.25, -0.2) is 0 Å². The summed E-state index contributed by atoms with van der Waals surface area (Å²) < 4.78 is 1.65. The number of aryl methyl sites for hydroxylation is 1. The maximum absolute atomic E-state index is 12.7. The molecule has 0 spiro atoms. The molecule has 5 nitrogen and oxygen atoms in total. The molecule has 0 atom stereocenters. The zero-order chi connectivity index (χ0) is 16.8. The average molecular weight is 331 g/mol. The molecule has 0 unspecified atom stereocenters. The van der Waals surface area contributed by atoms with Crippen LogP contribution in [0.1, 0.15) is 30.6 Å². The highest BCUT2D eigenvalue weighted by molar-refractivity contribution is 6.30. The van der Waals surface area contributed by atoms with Crippen LogP contribution in [-0.4, -0.2) is 33.7 Å². The normalized spacial score (nSPS) is 10.3. The van der Waals surface area contributed by atoms with Crippen molar-refractivity contribution in [3.63, 3.8) is 0 Å². The summed E-state index contributed by atoms with van der Waals surface area (Å²) in [6, 6.07) is 9.37.